The smallest absolute Gasteiger partial charge is 0.141 e. The maximum atomic E-state index is 8.90. The number of methoxy groups -OCH3 is 1. The lowest BCUT2D eigenvalue weighted by molar-refractivity contribution is 0.0623. The molecule has 108 valence electrons. The van der Waals surface area contributed by atoms with Crippen LogP contribution in [0.3, 0.4) is 0 Å². The summed E-state index contributed by atoms with van der Waals surface area (Å²) < 4.78 is 10.9. The van der Waals surface area contributed by atoms with Crippen molar-refractivity contribution in [3.63, 3.8) is 0 Å². The Labute approximate surface area is 124 Å². The molecule has 0 aliphatic heterocycles. The third-order valence-corrected chi connectivity index (χ3v) is 2.99. The lowest BCUT2D eigenvalue weighted by Gasteiger charge is -2.18. The van der Waals surface area contributed by atoms with Gasteiger partial charge >= 0.3 is 0 Å². The number of nitriles is 1. The predicted molar refractivity (Wildman–Crippen MR) is 81.9 cm³/mol. The van der Waals surface area contributed by atoms with Crippen LogP contribution in [0.2, 0.25) is 0 Å². The van der Waals surface area contributed by atoms with E-state index in [-0.39, 0.29) is 12.6 Å². The van der Waals surface area contributed by atoms with Crippen LogP contribution < -0.4 is 10.1 Å². The monoisotopic (exact) mass is 282 g/mol. The van der Waals surface area contributed by atoms with Crippen molar-refractivity contribution < 1.29 is 9.47 Å². The molecule has 21 heavy (non-hydrogen) atoms. The largest absolute Gasteiger partial charge is 0.497 e. The average Bonchev–Trinajstić information content (AvgIpc) is 2.54. The molecule has 0 aliphatic carbocycles. The number of hydrogen-bond donors (Lipinski definition) is 1. The van der Waals surface area contributed by atoms with Crippen molar-refractivity contribution in [1.82, 2.24) is 0 Å². The molecule has 0 aliphatic rings. The number of hydrogen-bond acceptors (Lipinski definition) is 4. The third-order valence-electron chi connectivity index (χ3n) is 2.99. The molecule has 0 bridgehead atoms. The standard InChI is InChI=1S/C17H18N2O2/c1-20-16-9-7-15(8-10-16)19-17(11-12-18)21-13-14-5-3-2-4-6-14/h2-10,17,19H,11,13H2,1H3. The second-order valence-corrected chi connectivity index (χ2v) is 4.52. The van der Waals surface area contributed by atoms with Gasteiger partial charge in [0.05, 0.1) is 26.2 Å². The number of benzene rings is 2. The van der Waals surface area contributed by atoms with E-state index < -0.39 is 0 Å². The molecular weight excluding hydrogens is 264 g/mol. The zero-order valence-corrected chi connectivity index (χ0v) is 12.0. The summed E-state index contributed by atoms with van der Waals surface area (Å²) in [5.74, 6) is 0.794. The van der Waals surface area contributed by atoms with Crippen LogP contribution in [0.5, 0.6) is 5.75 Å². The van der Waals surface area contributed by atoms with Gasteiger partial charge in [-0.15, -0.1) is 0 Å². The number of nitrogens with one attached hydrogen (secondary N) is 1. The van der Waals surface area contributed by atoms with Gasteiger partial charge in [-0.25, -0.2) is 0 Å². The van der Waals surface area contributed by atoms with Crippen molar-refractivity contribution >= 4 is 5.69 Å². The molecule has 0 amide bonds. The molecule has 2 aromatic carbocycles. The summed E-state index contributed by atoms with van der Waals surface area (Å²) in [5.41, 5.74) is 1.97. The Kier molecular flexibility index (Phi) is 5.62. The Morgan fingerprint density at radius 3 is 2.43 bits per heavy atom. The van der Waals surface area contributed by atoms with Gasteiger partial charge in [0.2, 0.25) is 0 Å². The molecule has 0 spiro atoms. The van der Waals surface area contributed by atoms with Crippen molar-refractivity contribution in [1.29, 1.82) is 5.26 Å². The number of ether oxygens (including phenoxy) is 2. The highest BCUT2D eigenvalue weighted by molar-refractivity contribution is 5.46. The summed E-state index contributed by atoms with van der Waals surface area (Å²) in [6.45, 7) is 0.469. The van der Waals surface area contributed by atoms with E-state index in [0.717, 1.165) is 17.0 Å². The highest BCUT2D eigenvalue weighted by Gasteiger charge is 2.09. The second-order valence-electron chi connectivity index (χ2n) is 4.52. The fourth-order valence-corrected chi connectivity index (χ4v) is 1.88. The van der Waals surface area contributed by atoms with Crippen LogP contribution in [0.4, 0.5) is 5.69 Å². The molecular formula is C17H18N2O2. The Hall–Kier alpha value is -2.51. The van der Waals surface area contributed by atoms with E-state index in [0.29, 0.717) is 6.61 Å². The van der Waals surface area contributed by atoms with Crippen molar-refractivity contribution in [2.24, 2.45) is 0 Å². The molecule has 1 unspecified atom stereocenters. The van der Waals surface area contributed by atoms with Gasteiger partial charge in [-0.3, -0.25) is 0 Å². The van der Waals surface area contributed by atoms with Crippen LogP contribution in [-0.2, 0) is 11.3 Å². The first-order valence-electron chi connectivity index (χ1n) is 6.75. The number of anilines is 1. The highest BCUT2D eigenvalue weighted by Crippen LogP contribution is 2.17. The SMILES string of the molecule is COc1ccc(NC(CC#N)OCc2ccccc2)cc1. The first-order chi connectivity index (χ1) is 10.3. The minimum atomic E-state index is -0.344. The molecule has 2 rings (SSSR count). The second kappa shape index (κ2) is 7.93. The summed E-state index contributed by atoms with van der Waals surface area (Å²) in [6, 6.07) is 19.6. The molecule has 0 saturated heterocycles. The van der Waals surface area contributed by atoms with Gasteiger partial charge in [-0.05, 0) is 29.8 Å². The lowest BCUT2D eigenvalue weighted by Crippen LogP contribution is -2.22. The quantitative estimate of drug-likeness (QED) is 0.789. The van der Waals surface area contributed by atoms with Gasteiger partial charge in [0.15, 0.2) is 0 Å². The van der Waals surface area contributed by atoms with E-state index in [2.05, 4.69) is 11.4 Å². The molecule has 0 heterocycles. The van der Waals surface area contributed by atoms with E-state index >= 15 is 0 Å². The molecule has 0 fully saturated rings. The molecule has 1 atom stereocenters. The Morgan fingerprint density at radius 1 is 1.10 bits per heavy atom. The normalized spacial score (nSPS) is 11.4. The van der Waals surface area contributed by atoms with Gasteiger partial charge in [0.1, 0.15) is 12.0 Å². The zero-order chi connectivity index (χ0) is 14.9. The van der Waals surface area contributed by atoms with Crippen molar-refractivity contribution in [2.75, 3.05) is 12.4 Å². The first kappa shape index (κ1) is 14.9. The first-order valence-corrected chi connectivity index (χ1v) is 6.75. The van der Waals surface area contributed by atoms with E-state index in [1.807, 2.05) is 54.6 Å². The van der Waals surface area contributed by atoms with Crippen molar-refractivity contribution in [3.05, 3.63) is 60.2 Å². The zero-order valence-electron chi connectivity index (χ0n) is 12.0. The fourth-order valence-electron chi connectivity index (χ4n) is 1.88. The lowest BCUT2D eigenvalue weighted by atomic mass is 10.2. The molecule has 1 N–H and O–H groups in total. The molecule has 4 nitrogen and oxygen atoms in total. The Morgan fingerprint density at radius 2 is 1.81 bits per heavy atom. The number of rotatable bonds is 7. The predicted octanol–water partition coefficient (Wildman–Crippen LogP) is 3.56. The van der Waals surface area contributed by atoms with Gasteiger partial charge in [-0.2, -0.15) is 5.26 Å². The summed E-state index contributed by atoms with van der Waals surface area (Å²) in [6.07, 6.45) is -0.0672. The van der Waals surface area contributed by atoms with Gasteiger partial charge in [-0.1, -0.05) is 30.3 Å². The van der Waals surface area contributed by atoms with E-state index in [1.165, 1.54) is 0 Å². The topological polar surface area (TPSA) is 54.3 Å². The van der Waals surface area contributed by atoms with Crippen LogP contribution in [0, 0.1) is 11.3 Å². The van der Waals surface area contributed by atoms with Crippen molar-refractivity contribution in [3.8, 4) is 11.8 Å². The number of nitrogens with zero attached hydrogens (tertiary/aromatic N) is 1. The fraction of sp³-hybridized carbons (Fsp3) is 0.235. The van der Waals surface area contributed by atoms with Gasteiger partial charge in [0.25, 0.3) is 0 Å². The van der Waals surface area contributed by atoms with E-state index in [9.17, 15) is 0 Å². The third kappa shape index (κ3) is 4.83. The molecule has 0 radical (unpaired) electrons. The Bertz CT molecular complexity index is 576. The van der Waals surface area contributed by atoms with Crippen LogP contribution in [-0.4, -0.2) is 13.3 Å². The van der Waals surface area contributed by atoms with Crippen LogP contribution in [0.1, 0.15) is 12.0 Å². The summed E-state index contributed by atoms with van der Waals surface area (Å²) in [4.78, 5) is 0. The summed E-state index contributed by atoms with van der Waals surface area (Å²) >= 11 is 0. The van der Waals surface area contributed by atoms with E-state index in [4.69, 9.17) is 14.7 Å². The van der Waals surface area contributed by atoms with E-state index in [1.54, 1.807) is 7.11 Å². The van der Waals surface area contributed by atoms with Crippen LogP contribution in [0.25, 0.3) is 0 Å². The summed E-state index contributed by atoms with van der Waals surface area (Å²) in [5, 5.41) is 12.1. The minimum absolute atomic E-state index is 0.277. The van der Waals surface area contributed by atoms with Crippen LogP contribution in [0.15, 0.2) is 54.6 Å². The summed E-state index contributed by atoms with van der Waals surface area (Å²) in [7, 11) is 1.63. The van der Waals surface area contributed by atoms with Gasteiger partial charge in [0, 0.05) is 5.69 Å². The molecule has 2 aromatic rings. The maximum Gasteiger partial charge on any atom is 0.141 e. The molecule has 0 aromatic heterocycles. The van der Waals surface area contributed by atoms with Gasteiger partial charge < -0.3 is 14.8 Å². The average molecular weight is 282 g/mol. The van der Waals surface area contributed by atoms with Crippen molar-refractivity contribution in [2.45, 2.75) is 19.3 Å². The van der Waals surface area contributed by atoms with Crippen LogP contribution >= 0.6 is 0 Å². The maximum absolute atomic E-state index is 8.90. The minimum Gasteiger partial charge on any atom is -0.497 e. The molecule has 0 saturated carbocycles. The highest BCUT2D eigenvalue weighted by atomic mass is 16.5. The molecule has 4 heteroatoms. The Balaban J connectivity index is 1.93.